The Hall–Kier alpha value is -3.58. The van der Waals surface area contributed by atoms with Crippen molar-refractivity contribution in [2.24, 2.45) is 0 Å². The molecule has 0 bridgehead atoms. The second kappa shape index (κ2) is 12.9. The van der Waals surface area contributed by atoms with Crippen molar-refractivity contribution in [1.82, 2.24) is 35.4 Å². The highest BCUT2D eigenvalue weighted by molar-refractivity contribution is 8.26. The zero-order valence-electron chi connectivity index (χ0n) is 22.5. The molecule has 6 rings (SSSR count). The maximum Gasteiger partial charge on any atom is 0.266 e. The minimum Gasteiger partial charge on any atom is -0.492 e. The van der Waals surface area contributed by atoms with Gasteiger partial charge in [0.15, 0.2) is 5.82 Å². The number of thioether (sulfide) groups is 1. The van der Waals surface area contributed by atoms with Gasteiger partial charge in [0, 0.05) is 49.9 Å². The number of nitrogens with one attached hydrogen (secondary N) is 2. The molecule has 0 radical (unpaired) electrons. The quantitative estimate of drug-likeness (QED) is 0.150. The molecule has 2 N–H and O–H groups in total. The number of benzene rings is 2. The summed E-state index contributed by atoms with van der Waals surface area (Å²) in [5.41, 5.74) is 4.10. The number of hydrogen-bond acceptors (Lipinski definition) is 9. The third-order valence-electron chi connectivity index (χ3n) is 7.25. The molecule has 0 spiro atoms. The lowest BCUT2D eigenvalue weighted by molar-refractivity contribution is -0.122. The van der Waals surface area contributed by atoms with Gasteiger partial charge in [-0.2, -0.15) is 5.21 Å². The SMILES string of the molecule is O=C1C(=Cc2cc(-c3ccc4[nH]ccc4c3)ccc2OCCN2CCOCC2)SC(=S)N1CCCCc1nn[nH]n1. The van der Waals surface area contributed by atoms with Crippen LogP contribution in [-0.4, -0.2) is 91.6 Å². The smallest absolute Gasteiger partial charge is 0.266 e. The molecule has 10 nitrogen and oxygen atoms in total. The normalized spacial score (nSPS) is 17.3. The first-order valence-corrected chi connectivity index (χ1v) is 15.0. The van der Waals surface area contributed by atoms with Gasteiger partial charge in [-0.1, -0.05) is 41.3 Å². The van der Waals surface area contributed by atoms with Crippen LogP contribution >= 0.6 is 24.0 Å². The van der Waals surface area contributed by atoms with Gasteiger partial charge >= 0.3 is 0 Å². The third-order valence-corrected chi connectivity index (χ3v) is 8.62. The number of nitrogens with zero attached hydrogens (tertiary/aromatic N) is 5. The lowest BCUT2D eigenvalue weighted by Crippen LogP contribution is -2.38. The monoisotopic (exact) mass is 589 g/mol. The van der Waals surface area contributed by atoms with Crippen molar-refractivity contribution in [3.63, 3.8) is 0 Å². The maximum atomic E-state index is 13.4. The van der Waals surface area contributed by atoms with E-state index < -0.39 is 0 Å². The fraction of sp³-hybridized carbons (Fsp3) is 0.345. The van der Waals surface area contributed by atoms with Crippen LogP contribution in [0.1, 0.15) is 24.2 Å². The van der Waals surface area contributed by atoms with Crippen molar-refractivity contribution in [2.45, 2.75) is 19.3 Å². The van der Waals surface area contributed by atoms with E-state index in [9.17, 15) is 4.79 Å². The molecule has 2 aromatic heterocycles. The molecule has 0 saturated carbocycles. The number of ether oxygens (including phenoxy) is 2. The Morgan fingerprint density at radius 1 is 1.07 bits per heavy atom. The van der Waals surface area contributed by atoms with Crippen molar-refractivity contribution in [3.05, 3.63) is 65.0 Å². The summed E-state index contributed by atoms with van der Waals surface area (Å²) in [6, 6.07) is 14.6. The molecule has 4 heterocycles. The highest BCUT2D eigenvalue weighted by Crippen LogP contribution is 2.36. The van der Waals surface area contributed by atoms with Gasteiger partial charge in [0.2, 0.25) is 0 Å². The molecule has 0 aliphatic carbocycles. The fourth-order valence-electron chi connectivity index (χ4n) is 4.99. The number of tetrazole rings is 1. The first kappa shape index (κ1) is 27.6. The number of carbonyl (C=O) groups excluding carboxylic acids is 1. The maximum absolute atomic E-state index is 13.4. The number of aromatic amines is 2. The number of aromatic nitrogens is 5. The number of amides is 1. The fourth-order valence-corrected chi connectivity index (χ4v) is 6.29. The van der Waals surface area contributed by atoms with Crippen molar-refractivity contribution in [3.8, 4) is 16.9 Å². The van der Waals surface area contributed by atoms with Crippen LogP contribution in [0.4, 0.5) is 0 Å². The molecular weight excluding hydrogens is 558 g/mol. The molecule has 0 atom stereocenters. The number of hydrogen-bond donors (Lipinski definition) is 2. The van der Waals surface area contributed by atoms with E-state index in [1.54, 1.807) is 4.90 Å². The van der Waals surface area contributed by atoms with Crippen LogP contribution in [0.3, 0.4) is 0 Å². The van der Waals surface area contributed by atoms with Crippen molar-refractivity contribution in [1.29, 1.82) is 0 Å². The molecule has 4 aromatic rings. The average molecular weight is 590 g/mol. The zero-order valence-corrected chi connectivity index (χ0v) is 24.2. The van der Waals surface area contributed by atoms with Crippen molar-refractivity contribution >= 4 is 51.2 Å². The molecule has 212 valence electrons. The predicted molar refractivity (Wildman–Crippen MR) is 163 cm³/mol. The minimum absolute atomic E-state index is 0.0713. The average Bonchev–Trinajstić information content (AvgIpc) is 3.74. The van der Waals surface area contributed by atoms with E-state index in [1.807, 2.05) is 18.3 Å². The van der Waals surface area contributed by atoms with Crippen molar-refractivity contribution < 1.29 is 14.3 Å². The van der Waals surface area contributed by atoms with E-state index in [0.717, 1.165) is 79.0 Å². The Morgan fingerprint density at radius 2 is 1.93 bits per heavy atom. The third kappa shape index (κ3) is 6.67. The van der Waals surface area contributed by atoms with Crippen LogP contribution in [0.5, 0.6) is 5.75 Å². The summed E-state index contributed by atoms with van der Waals surface area (Å²) in [6.07, 6.45) is 6.19. The highest BCUT2D eigenvalue weighted by Gasteiger charge is 2.31. The summed E-state index contributed by atoms with van der Waals surface area (Å²) in [5, 5.41) is 15.2. The Balaban J connectivity index is 1.20. The van der Waals surface area contributed by atoms with E-state index in [0.29, 0.717) is 34.6 Å². The molecule has 12 heteroatoms. The summed E-state index contributed by atoms with van der Waals surface area (Å²) in [6.45, 7) is 5.26. The number of thiocarbonyl (C=S) groups is 1. The van der Waals surface area contributed by atoms with Gasteiger partial charge in [-0.3, -0.25) is 14.6 Å². The first-order valence-electron chi connectivity index (χ1n) is 13.8. The molecule has 0 unspecified atom stereocenters. The van der Waals surface area contributed by atoms with Gasteiger partial charge < -0.3 is 14.5 Å². The van der Waals surface area contributed by atoms with Crippen LogP contribution in [0.15, 0.2) is 53.6 Å². The van der Waals surface area contributed by atoms with Crippen LogP contribution < -0.4 is 4.74 Å². The van der Waals surface area contributed by atoms with E-state index >= 15 is 0 Å². The summed E-state index contributed by atoms with van der Waals surface area (Å²) in [7, 11) is 0. The minimum atomic E-state index is -0.0713. The molecule has 41 heavy (non-hydrogen) atoms. The summed E-state index contributed by atoms with van der Waals surface area (Å²) in [4.78, 5) is 21.3. The molecule has 1 amide bonds. The number of H-pyrrole nitrogens is 2. The number of unbranched alkanes of at least 4 members (excludes halogenated alkanes) is 1. The van der Waals surface area contributed by atoms with Gasteiger partial charge in [-0.25, -0.2) is 0 Å². The highest BCUT2D eigenvalue weighted by atomic mass is 32.2. The summed E-state index contributed by atoms with van der Waals surface area (Å²) in [5.74, 6) is 1.35. The molecule has 2 fully saturated rings. The number of fused-ring (bicyclic) bond motifs is 1. The molecule has 2 aromatic carbocycles. The topological polar surface area (TPSA) is 112 Å². The Bertz CT molecular complexity index is 1550. The van der Waals surface area contributed by atoms with E-state index in [-0.39, 0.29) is 5.91 Å². The zero-order chi connectivity index (χ0) is 28.0. The number of carbonyl (C=O) groups is 1. The van der Waals surface area contributed by atoms with Gasteiger partial charge in [0.25, 0.3) is 5.91 Å². The van der Waals surface area contributed by atoms with Gasteiger partial charge in [-0.15, -0.1) is 10.2 Å². The summed E-state index contributed by atoms with van der Waals surface area (Å²) >= 11 is 6.93. The van der Waals surface area contributed by atoms with Crippen LogP contribution in [0.25, 0.3) is 28.1 Å². The van der Waals surface area contributed by atoms with Crippen LogP contribution in [0, 0.1) is 0 Å². The van der Waals surface area contributed by atoms with Gasteiger partial charge in [0.05, 0.1) is 18.1 Å². The molecular formula is C29H31N7O3S2. The molecule has 2 aliphatic rings. The van der Waals surface area contributed by atoms with E-state index in [4.69, 9.17) is 21.7 Å². The first-order chi connectivity index (χ1) is 20.1. The van der Waals surface area contributed by atoms with Crippen LogP contribution in [-0.2, 0) is 16.0 Å². The number of rotatable bonds is 11. The second-order valence-corrected chi connectivity index (χ2v) is 11.6. The lowest BCUT2D eigenvalue weighted by atomic mass is 10.0. The van der Waals surface area contributed by atoms with E-state index in [2.05, 4.69) is 66.9 Å². The Labute approximate surface area is 247 Å². The Morgan fingerprint density at radius 3 is 2.78 bits per heavy atom. The van der Waals surface area contributed by atoms with E-state index in [1.165, 1.54) is 11.8 Å². The predicted octanol–water partition coefficient (Wildman–Crippen LogP) is 4.28. The lowest BCUT2D eigenvalue weighted by Gasteiger charge is -2.26. The molecule has 2 aliphatic heterocycles. The van der Waals surface area contributed by atoms with Gasteiger partial charge in [-0.05, 0) is 65.8 Å². The standard InChI is InChI=1S/C29H31N7O3S2/c37-28-26(41-29(40)36(28)10-2-1-3-27-31-33-34-32-27)19-23-18-21(20-4-6-24-22(17-20)8-9-30-24)5-7-25(23)39-16-13-35-11-14-38-15-12-35/h4-9,17-19,30H,1-3,10-16H2,(H,31,32,33,34). The van der Waals surface area contributed by atoms with Crippen molar-refractivity contribution in [2.75, 3.05) is 46.0 Å². The summed E-state index contributed by atoms with van der Waals surface area (Å²) < 4.78 is 12.3. The Kier molecular flexibility index (Phi) is 8.71. The molecule has 2 saturated heterocycles. The van der Waals surface area contributed by atoms with Crippen LogP contribution in [0.2, 0.25) is 0 Å². The van der Waals surface area contributed by atoms with Gasteiger partial charge in [0.1, 0.15) is 16.7 Å². The number of morpholine rings is 1. The number of aryl methyl sites for hydroxylation is 1. The largest absolute Gasteiger partial charge is 0.492 e. The second-order valence-electron chi connectivity index (χ2n) is 9.95.